The van der Waals surface area contributed by atoms with Crippen LogP contribution in [0.1, 0.15) is 71.3 Å². The van der Waals surface area contributed by atoms with Gasteiger partial charge in [0.2, 0.25) is 5.91 Å². The van der Waals surface area contributed by atoms with Crippen molar-refractivity contribution in [2.24, 2.45) is 5.41 Å². The lowest BCUT2D eigenvalue weighted by atomic mass is 9.67. The summed E-state index contributed by atoms with van der Waals surface area (Å²) in [6, 6.07) is 8.38. The van der Waals surface area contributed by atoms with E-state index < -0.39 is 5.60 Å². The summed E-state index contributed by atoms with van der Waals surface area (Å²) >= 11 is 0. The van der Waals surface area contributed by atoms with E-state index in [0.29, 0.717) is 6.61 Å². The van der Waals surface area contributed by atoms with Gasteiger partial charge in [0.25, 0.3) is 0 Å². The largest absolute Gasteiger partial charge is 0.390 e. The Hall–Kier alpha value is -1.39. The number of carbonyl (C=O) groups excluding carboxylic acids is 1. The van der Waals surface area contributed by atoms with Crippen molar-refractivity contribution in [2.45, 2.75) is 76.7 Å². The Kier molecular flexibility index (Phi) is 5.69. The maximum Gasteiger partial charge on any atom is 0.233 e. The van der Waals surface area contributed by atoms with Crippen LogP contribution in [-0.2, 0) is 14.9 Å². The van der Waals surface area contributed by atoms with Gasteiger partial charge in [-0.05, 0) is 56.2 Å². The predicted molar refractivity (Wildman–Crippen MR) is 109 cm³/mol. The average Bonchev–Trinajstić information content (AvgIpc) is 2.95. The second-order valence-corrected chi connectivity index (χ2v) is 9.33. The fraction of sp³-hybridized carbons (Fsp3) is 0.696. The van der Waals surface area contributed by atoms with Crippen molar-refractivity contribution in [1.29, 1.82) is 0 Å². The summed E-state index contributed by atoms with van der Waals surface area (Å²) < 4.78 is 5.33. The molecule has 2 fully saturated rings. The molecule has 27 heavy (non-hydrogen) atoms. The van der Waals surface area contributed by atoms with Gasteiger partial charge in [-0.2, -0.15) is 0 Å². The van der Waals surface area contributed by atoms with Crippen molar-refractivity contribution in [2.75, 3.05) is 25.2 Å². The second-order valence-electron chi connectivity index (χ2n) is 9.33. The molecule has 1 amide bonds. The molecule has 1 N–H and O–H groups in total. The molecule has 0 aromatic heterocycles. The summed E-state index contributed by atoms with van der Waals surface area (Å²) in [7, 11) is 1.73. The molecule has 4 nitrogen and oxygen atoms in total. The monoisotopic (exact) mass is 373 g/mol. The van der Waals surface area contributed by atoms with Gasteiger partial charge in [0.1, 0.15) is 0 Å². The molecule has 0 atom stereocenters. The number of methoxy groups -OCH3 is 1. The third-order valence-corrected chi connectivity index (χ3v) is 6.83. The van der Waals surface area contributed by atoms with Gasteiger partial charge in [-0.3, -0.25) is 4.79 Å². The van der Waals surface area contributed by atoms with E-state index >= 15 is 0 Å². The highest BCUT2D eigenvalue weighted by atomic mass is 16.5. The molecule has 1 heterocycles. The first-order valence-corrected chi connectivity index (χ1v) is 10.4. The number of aliphatic hydroxyl groups is 1. The van der Waals surface area contributed by atoms with E-state index in [4.69, 9.17) is 4.74 Å². The smallest absolute Gasteiger partial charge is 0.233 e. The third kappa shape index (κ3) is 3.93. The molecule has 1 saturated heterocycles. The molecule has 0 radical (unpaired) electrons. The lowest BCUT2D eigenvalue weighted by molar-refractivity contribution is -0.130. The van der Waals surface area contributed by atoms with Crippen molar-refractivity contribution < 1.29 is 14.6 Å². The van der Waals surface area contributed by atoms with Gasteiger partial charge in [-0.1, -0.05) is 39.3 Å². The van der Waals surface area contributed by atoms with E-state index in [1.807, 2.05) is 4.90 Å². The van der Waals surface area contributed by atoms with Crippen LogP contribution in [0.15, 0.2) is 24.3 Å². The highest BCUT2D eigenvalue weighted by Crippen LogP contribution is 2.49. The molecule has 1 spiro atoms. The van der Waals surface area contributed by atoms with Crippen LogP contribution < -0.4 is 4.90 Å². The number of anilines is 1. The van der Waals surface area contributed by atoms with Gasteiger partial charge < -0.3 is 14.7 Å². The van der Waals surface area contributed by atoms with E-state index in [0.717, 1.165) is 57.2 Å². The molecule has 2 aliphatic rings. The minimum Gasteiger partial charge on any atom is -0.390 e. The molecule has 150 valence electrons. The summed E-state index contributed by atoms with van der Waals surface area (Å²) in [5.74, 6) is 0.255. The number of hydrogen-bond donors (Lipinski definition) is 1. The Morgan fingerprint density at radius 2 is 1.74 bits per heavy atom. The topological polar surface area (TPSA) is 49.8 Å². The minimum atomic E-state index is -0.553. The normalized spacial score (nSPS) is 28.9. The number of carbonyl (C=O) groups is 1. The molecule has 1 aromatic rings. The average molecular weight is 374 g/mol. The van der Waals surface area contributed by atoms with Gasteiger partial charge >= 0.3 is 0 Å². The van der Waals surface area contributed by atoms with Crippen LogP contribution in [-0.4, -0.2) is 36.9 Å². The fourth-order valence-corrected chi connectivity index (χ4v) is 4.98. The van der Waals surface area contributed by atoms with E-state index in [2.05, 4.69) is 45.0 Å². The van der Waals surface area contributed by atoms with Gasteiger partial charge in [0.15, 0.2) is 0 Å². The quantitative estimate of drug-likeness (QED) is 0.802. The molecular weight excluding hydrogens is 338 g/mol. The van der Waals surface area contributed by atoms with E-state index in [-0.39, 0.29) is 16.7 Å². The highest BCUT2D eigenvalue weighted by Gasteiger charge is 2.51. The van der Waals surface area contributed by atoms with E-state index in [1.54, 1.807) is 7.11 Å². The lowest BCUT2D eigenvalue weighted by Crippen LogP contribution is -2.43. The number of ether oxygens (including phenoxy) is 1. The van der Waals surface area contributed by atoms with Crippen molar-refractivity contribution in [1.82, 2.24) is 0 Å². The number of amides is 1. The summed E-state index contributed by atoms with van der Waals surface area (Å²) in [6.45, 7) is 7.90. The van der Waals surface area contributed by atoms with Gasteiger partial charge in [-0.25, -0.2) is 0 Å². The van der Waals surface area contributed by atoms with Crippen LogP contribution in [0.4, 0.5) is 5.69 Å². The molecule has 0 bridgehead atoms. The first-order valence-electron chi connectivity index (χ1n) is 10.4. The predicted octanol–water partition coefficient (Wildman–Crippen LogP) is 4.44. The fourth-order valence-electron chi connectivity index (χ4n) is 4.98. The maximum absolute atomic E-state index is 13.3. The summed E-state index contributed by atoms with van der Waals surface area (Å²) in [6.07, 6.45) is 5.89. The van der Waals surface area contributed by atoms with Gasteiger partial charge in [0.05, 0.1) is 17.6 Å². The first kappa shape index (κ1) is 20.3. The van der Waals surface area contributed by atoms with Crippen LogP contribution >= 0.6 is 0 Å². The molecule has 1 saturated carbocycles. The SMILES string of the molecule is CCC[C@]1(O)CC[C@]2(CCN(c3ccc(C(C)(C)COC)cc3)C2=O)CC1. The summed E-state index contributed by atoms with van der Waals surface area (Å²) in [5.41, 5.74) is 1.35. The summed E-state index contributed by atoms with van der Waals surface area (Å²) in [5, 5.41) is 10.7. The van der Waals surface area contributed by atoms with Gasteiger partial charge in [-0.15, -0.1) is 0 Å². The molecule has 3 rings (SSSR count). The Labute approximate surface area is 163 Å². The van der Waals surface area contributed by atoms with Crippen LogP contribution in [0, 0.1) is 5.41 Å². The van der Waals surface area contributed by atoms with Crippen molar-refractivity contribution in [3.05, 3.63) is 29.8 Å². The highest BCUT2D eigenvalue weighted by molar-refractivity contribution is 6.00. The van der Waals surface area contributed by atoms with Crippen LogP contribution in [0.5, 0.6) is 0 Å². The molecular formula is C23H35NO3. The van der Waals surface area contributed by atoms with Crippen LogP contribution in [0.2, 0.25) is 0 Å². The molecule has 1 aliphatic carbocycles. The standard InChI is InChI=1S/C23H35NO3/c1-5-10-23(26)13-11-22(12-14-23)15-16-24(20(22)25)19-8-6-18(7-9-19)21(2,3)17-27-4/h6-9,26H,5,10-17H2,1-4H3/t22-,23+. The Morgan fingerprint density at radius 1 is 1.11 bits per heavy atom. The first-order chi connectivity index (χ1) is 12.8. The van der Waals surface area contributed by atoms with Crippen molar-refractivity contribution >= 4 is 11.6 Å². The Morgan fingerprint density at radius 3 is 2.30 bits per heavy atom. The lowest BCUT2D eigenvalue weighted by Gasteiger charge is -2.41. The number of hydrogen-bond acceptors (Lipinski definition) is 3. The number of nitrogens with zero attached hydrogens (tertiary/aromatic N) is 1. The van der Waals surface area contributed by atoms with Crippen LogP contribution in [0.3, 0.4) is 0 Å². The second kappa shape index (κ2) is 7.56. The van der Waals surface area contributed by atoms with Gasteiger partial charge in [0, 0.05) is 24.8 Å². The van der Waals surface area contributed by atoms with E-state index in [1.165, 1.54) is 5.56 Å². The third-order valence-electron chi connectivity index (χ3n) is 6.83. The Bertz CT molecular complexity index is 657. The minimum absolute atomic E-state index is 0.0450. The molecule has 1 aliphatic heterocycles. The van der Waals surface area contributed by atoms with Crippen molar-refractivity contribution in [3.63, 3.8) is 0 Å². The molecule has 1 aromatic carbocycles. The molecule has 4 heteroatoms. The van der Waals surface area contributed by atoms with Crippen molar-refractivity contribution in [3.8, 4) is 0 Å². The molecule has 0 unspecified atom stereocenters. The zero-order valence-electron chi connectivity index (χ0n) is 17.4. The number of benzene rings is 1. The Balaban J connectivity index is 1.71. The van der Waals surface area contributed by atoms with E-state index in [9.17, 15) is 9.90 Å². The summed E-state index contributed by atoms with van der Waals surface area (Å²) in [4.78, 5) is 15.2. The van der Waals surface area contributed by atoms with Crippen LogP contribution in [0.25, 0.3) is 0 Å². The zero-order valence-corrected chi connectivity index (χ0v) is 17.4. The zero-order chi connectivity index (χ0) is 19.7. The maximum atomic E-state index is 13.3. The number of rotatable bonds is 6.